The number of furan rings is 1. The van der Waals surface area contributed by atoms with Gasteiger partial charge in [0, 0.05) is 38.6 Å². The van der Waals surface area contributed by atoms with Gasteiger partial charge >= 0.3 is 0 Å². The van der Waals surface area contributed by atoms with Crippen molar-refractivity contribution in [1.29, 1.82) is 0 Å². The number of anilines is 3. The summed E-state index contributed by atoms with van der Waals surface area (Å²) in [4.78, 5) is 2.34. The van der Waals surface area contributed by atoms with Crippen LogP contribution in [0.5, 0.6) is 0 Å². The van der Waals surface area contributed by atoms with Crippen molar-refractivity contribution in [1.82, 2.24) is 4.57 Å². The third-order valence-corrected chi connectivity index (χ3v) is 11.2. The monoisotopic (exact) mass is 728 g/mol. The minimum atomic E-state index is 0.856. The standard InChI is InChI=1S/C54H36N2O/c1-4-16-37(17-5-1)43-35-34-42(36-48(43)38-18-6-2-7-19-38)55(51-28-15-25-46-45-22-11-13-29-52(45)57-54(46)51)41-32-30-39(31-33-41)44-24-14-27-50-53(44)47-23-10-12-26-49(47)56(50)40-20-8-3-9-21-40/h1-36H. The number of aromatic nitrogens is 1. The maximum Gasteiger partial charge on any atom is 0.159 e. The van der Waals surface area contributed by atoms with Gasteiger partial charge in [0.25, 0.3) is 0 Å². The molecule has 0 amide bonds. The molecule has 0 unspecified atom stereocenters. The average Bonchev–Trinajstić information content (AvgIpc) is 3.84. The Morgan fingerprint density at radius 1 is 0.368 bits per heavy atom. The van der Waals surface area contributed by atoms with Gasteiger partial charge in [-0.15, -0.1) is 0 Å². The maximum atomic E-state index is 6.69. The first-order chi connectivity index (χ1) is 28.3. The molecule has 2 heterocycles. The summed E-state index contributed by atoms with van der Waals surface area (Å²) < 4.78 is 9.07. The van der Waals surface area contributed by atoms with Crippen LogP contribution in [-0.2, 0) is 0 Å². The van der Waals surface area contributed by atoms with Crippen molar-refractivity contribution in [2.45, 2.75) is 0 Å². The van der Waals surface area contributed by atoms with Crippen molar-refractivity contribution in [2.24, 2.45) is 0 Å². The minimum Gasteiger partial charge on any atom is -0.454 e. The molecule has 0 radical (unpaired) electrons. The van der Waals surface area contributed by atoms with E-state index in [9.17, 15) is 0 Å². The van der Waals surface area contributed by atoms with Gasteiger partial charge < -0.3 is 13.9 Å². The Morgan fingerprint density at radius 2 is 0.947 bits per heavy atom. The van der Waals surface area contributed by atoms with Crippen LogP contribution in [0.15, 0.2) is 223 Å². The molecule has 0 N–H and O–H groups in total. The van der Waals surface area contributed by atoms with Crippen molar-refractivity contribution in [2.75, 3.05) is 4.90 Å². The summed E-state index contributed by atoms with van der Waals surface area (Å²) in [6.07, 6.45) is 0. The predicted molar refractivity (Wildman–Crippen MR) is 239 cm³/mol. The van der Waals surface area contributed by atoms with Crippen LogP contribution in [0.4, 0.5) is 17.1 Å². The van der Waals surface area contributed by atoms with E-state index in [2.05, 4.69) is 222 Å². The fraction of sp³-hybridized carbons (Fsp3) is 0. The van der Waals surface area contributed by atoms with Gasteiger partial charge in [0.05, 0.1) is 16.7 Å². The number of rotatable bonds is 7. The largest absolute Gasteiger partial charge is 0.454 e. The summed E-state index contributed by atoms with van der Waals surface area (Å²) in [5.74, 6) is 0. The van der Waals surface area contributed by atoms with E-state index in [4.69, 9.17) is 4.42 Å². The first-order valence-corrected chi connectivity index (χ1v) is 19.4. The molecule has 0 atom stereocenters. The van der Waals surface area contributed by atoms with E-state index in [0.29, 0.717) is 0 Å². The van der Waals surface area contributed by atoms with Crippen LogP contribution in [0.2, 0.25) is 0 Å². The summed E-state index contributed by atoms with van der Waals surface area (Å²) in [6, 6.07) is 78.0. The summed E-state index contributed by atoms with van der Waals surface area (Å²) in [5.41, 5.74) is 15.4. The zero-order valence-corrected chi connectivity index (χ0v) is 31.1. The molecule has 3 nitrogen and oxygen atoms in total. The Balaban J connectivity index is 1.11. The molecular formula is C54H36N2O. The molecule has 0 saturated heterocycles. The molecule has 0 aliphatic rings. The first kappa shape index (κ1) is 32.8. The van der Waals surface area contributed by atoms with Crippen molar-refractivity contribution in [3.8, 4) is 39.1 Å². The lowest BCUT2D eigenvalue weighted by atomic mass is 9.93. The zero-order chi connectivity index (χ0) is 37.7. The highest BCUT2D eigenvalue weighted by atomic mass is 16.3. The SMILES string of the molecule is c1ccc(-c2ccc(N(c3ccc(-c4cccc5c4c4ccccc4n5-c4ccccc4)cc3)c3cccc4c3oc3ccccc34)cc2-c2ccccc2)cc1. The molecular weight excluding hydrogens is 693 g/mol. The summed E-state index contributed by atoms with van der Waals surface area (Å²) in [5, 5.41) is 4.69. The van der Waals surface area contributed by atoms with E-state index < -0.39 is 0 Å². The molecule has 0 fully saturated rings. The number of hydrogen-bond donors (Lipinski definition) is 0. The summed E-state index contributed by atoms with van der Waals surface area (Å²) in [6.45, 7) is 0. The molecule has 9 aromatic carbocycles. The lowest BCUT2D eigenvalue weighted by Crippen LogP contribution is -2.10. The molecule has 0 aliphatic heterocycles. The van der Waals surface area contributed by atoms with Gasteiger partial charge in [-0.1, -0.05) is 158 Å². The number of para-hydroxylation sites is 4. The maximum absolute atomic E-state index is 6.69. The van der Waals surface area contributed by atoms with Crippen LogP contribution in [0.25, 0.3) is 82.8 Å². The van der Waals surface area contributed by atoms with Crippen molar-refractivity contribution in [3.63, 3.8) is 0 Å². The molecule has 0 saturated carbocycles. The Kier molecular flexibility index (Phi) is 7.82. The van der Waals surface area contributed by atoms with Crippen LogP contribution >= 0.6 is 0 Å². The quantitative estimate of drug-likeness (QED) is 0.163. The van der Waals surface area contributed by atoms with Crippen LogP contribution in [0.3, 0.4) is 0 Å². The van der Waals surface area contributed by atoms with Gasteiger partial charge in [-0.3, -0.25) is 0 Å². The first-order valence-electron chi connectivity index (χ1n) is 19.4. The van der Waals surface area contributed by atoms with E-state index >= 15 is 0 Å². The van der Waals surface area contributed by atoms with Gasteiger partial charge in [0.2, 0.25) is 0 Å². The van der Waals surface area contributed by atoms with E-state index in [1.807, 2.05) is 6.07 Å². The van der Waals surface area contributed by atoms with Crippen molar-refractivity contribution >= 4 is 60.8 Å². The lowest BCUT2D eigenvalue weighted by Gasteiger charge is -2.27. The van der Waals surface area contributed by atoms with Crippen LogP contribution in [-0.4, -0.2) is 4.57 Å². The number of benzene rings is 9. The highest BCUT2D eigenvalue weighted by molar-refractivity contribution is 6.16. The fourth-order valence-electron chi connectivity index (χ4n) is 8.64. The highest BCUT2D eigenvalue weighted by Crippen LogP contribution is 2.46. The van der Waals surface area contributed by atoms with Gasteiger partial charge in [0.1, 0.15) is 5.58 Å². The van der Waals surface area contributed by atoms with E-state index in [1.54, 1.807) is 0 Å². The van der Waals surface area contributed by atoms with Gasteiger partial charge in [-0.25, -0.2) is 0 Å². The number of hydrogen-bond acceptors (Lipinski definition) is 2. The Morgan fingerprint density at radius 3 is 1.72 bits per heavy atom. The molecule has 11 rings (SSSR count). The van der Waals surface area contributed by atoms with Gasteiger partial charge in [-0.2, -0.15) is 0 Å². The summed E-state index contributed by atoms with van der Waals surface area (Å²) in [7, 11) is 0. The lowest BCUT2D eigenvalue weighted by molar-refractivity contribution is 0.669. The molecule has 0 bridgehead atoms. The second-order valence-corrected chi connectivity index (χ2v) is 14.5. The molecule has 57 heavy (non-hydrogen) atoms. The Bertz CT molecular complexity index is 3220. The molecule has 11 aromatic rings. The van der Waals surface area contributed by atoms with Crippen LogP contribution in [0.1, 0.15) is 0 Å². The van der Waals surface area contributed by atoms with E-state index in [-0.39, 0.29) is 0 Å². The third kappa shape index (κ3) is 5.51. The zero-order valence-electron chi connectivity index (χ0n) is 31.1. The minimum absolute atomic E-state index is 0.856. The fourth-order valence-corrected chi connectivity index (χ4v) is 8.64. The predicted octanol–water partition coefficient (Wildman–Crippen LogP) is 15.2. The van der Waals surface area contributed by atoms with E-state index in [0.717, 1.165) is 50.3 Å². The molecule has 2 aromatic heterocycles. The normalized spacial score (nSPS) is 11.5. The van der Waals surface area contributed by atoms with Crippen molar-refractivity contribution in [3.05, 3.63) is 218 Å². The molecule has 0 spiro atoms. The number of fused-ring (bicyclic) bond motifs is 6. The van der Waals surface area contributed by atoms with Gasteiger partial charge in [0.15, 0.2) is 5.58 Å². The average molecular weight is 729 g/mol. The summed E-state index contributed by atoms with van der Waals surface area (Å²) >= 11 is 0. The van der Waals surface area contributed by atoms with E-state index in [1.165, 1.54) is 49.6 Å². The highest BCUT2D eigenvalue weighted by Gasteiger charge is 2.22. The Hall–Kier alpha value is -7.62. The van der Waals surface area contributed by atoms with Gasteiger partial charge in [-0.05, 0) is 94.0 Å². The Labute approximate surface area is 330 Å². The van der Waals surface area contributed by atoms with Crippen LogP contribution < -0.4 is 4.90 Å². The molecule has 268 valence electrons. The molecule has 3 heteroatoms. The third-order valence-electron chi connectivity index (χ3n) is 11.2. The van der Waals surface area contributed by atoms with Crippen LogP contribution in [0, 0.1) is 0 Å². The smallest absolute Gasteiger partial charge is 0.159 e. The molecule has 0 aliphatic carbocycles. The number of nitrogens with zero attached hydrogens (tertiary/aromatic N) is 2. The second-order valence-electron chi connectivity index (χ2n) is 14.5. The topological polar surface area (TPSA) is 21.3 Å². The second kappa shape index (κ2) is 13.6. The van der Waals surface area contributed by atoms with Crippen molar-refractivity contribution < 1.29 is 4.42 Å².